The summed E-state index contributed by atoms with van der Waals surface area (Å²) in [5.74, 6) is 1.62. The molecule has 0 spiro atoms. The Morgan fingerprint density at radius 1 is 1.15 bits per heavy atom. The largest absolute Gasteiger partial charge is 0.497 e. The molecule has 1 saturated heterocycles. The number of ether oxygens (including phenoxy) is 2. The lowest BCUT2D eigenvalue weighted by Crippen LogP contribution is -2.49. The molecule has 7 nitrogen and oxygen atoms in total. The van der Waals surface area contributed by atoms with E-state index in [1.54, 1.807) is 13.2 Å². The topological polar surface area (TPSA) is 59.8 Å². The highest BCUT2D eigenvalue weighted by atomic mass is 16.5. The predicted molar refractivity (Wildman–Crippen MR) is 103 cm³/mol. The maximum atomic E-state index is 12.6. The van der Waals surface area contributed by atoms with Crippen LogP contribution in [0.2, 0.25) is 0 Å². The van der Waals surface area contributed by atoms with E-state index in [9.17, 15) is 4.79 Å². The van der Waals surface area contributed by atoms with E-state index in [1.807, 2.05) is 53.9 Å². The van der Waals surface area contributed by atoms with Gasteiger partial charge >= 0.3 is 0 Å². The highest BCUT2D eigenvalue weighted by molar-refractivity contribution is 5.92. The summed E-state index contributed by atoms with van der Waals surface area (Å²) in [6.07, 6.45) is 1.87. The van der Waals surface area contributed by atoms with E-state index in [1.165, 1.54) is 0 Å². The number of benzene rings is 1. The molecule has 0 unspecified atom stereocenters. The molecule has 0 aliphatic carbocycles. The summed E-state index contributed by atoms with van der Waals surface area (Å²) in [4.78, 5) is 16.8. The second kappa shape index (κ2) is 8.90. The minimum Gasteiger partial charge on any atom is -0.497 e. The lowest BCUT2D eigenvalue weighted by Gasteiger charge is -2.34. The third-order valence-corrected chi connectivity index (χ3v) is 4.73. The number of hydrogen-bond donors (Lipinski definition) is 0. The second-order valence-corrected chi connectivity index (χ2v) is 6.94. The average molecular weight is 372 g/mol. The third kappa shape index (κ3) is 5.01. The summed E-state index contributed by atoms with van der Waals surface area (Å²) in [6, 6.07) is 9.68. The van der Waals surface area contributed by atoms with Gasteiger partial charge in [-0.15, -0.1) is 0 Å². The Bertz CT molecular complexity index is 751. The number of amides is 1. The van der Waals surface area contributed by atoms with Crippen molar-refractivity contribution in [2.45, 2.75) is 19.9 Å². The van der Waals surface area contributed by atoms with Gasteiger partial charge in [0.25, 0.3) is 5.91 Å². The van der Waals surface area contributed by atoms with Gasteiger partial charge in [0.15, 0.2) is 0 Å². The van der Waals surface area contributed by atoms with Crippen molar-refractivity contribution in [2.24, 2.45) is 0 Å². The van der Waals surface area contributed by atoms with Crippen LogP contribution in [0.25, 0.3) is 0 Å². The Morgan fingerprint density at radius 3 is 2.56 bits per heavy atom. The minimum atomic E-state index is 0.0154. The average Bonchev–Trinajstić information content (AvgIpc) is 3.19. The van der Waals surface area contributed by atoms with Gasteiger partial charge in [0, 0.05) is 51.0 Å². The molecule has 0 bridgehead atoms. The van der Waals surface area contributed by atoms with Gasteiger partial charge in [0.2, 0.25) is 0 Å². The van der Waals surface area contributed by atoms with Gasteiger partial charge in [0.05, 0.1) is 7.11 Å². The highest BCUT2D eigenvalue weighted by Gasteiger charge is 2.23. The summed E-state index contributed by atoms with van der Waals surface area (Å²) < 4.78 is 12.8. The summed E-state index contributed by atoms with van der Waals surface area (Å²) in [7, 11) is 1.65. The van der Waals surface area contributed by atoms with Gasteiger partial charge in [-0.2, -0.15) is 5.10 Å². The van der Waals surface area contributed by atoms with E-state index in [4.69, 9.17) is 9.47 Å². The van der Waals surface area contributed by atoms with Crippen LogP contribution in [0.4, 0.5) is 0 Å². The normalized spacial score (nSPS) is 15.2. The predicted octanol–water partition coefficient (Wildman–Crippen LogP) is 2.31. The summed E-state index contributed by atoms with van der Waals surface area (Å²) in [5, 5.41) is 4.38. The van der Waals surface area contributed by atoms with Gasteiger partial charge in [-0.25, -0.2) is 0 Å². The maximum Gasteiger partial charge on any atom is 0.274 e. The first-order valence-corrected chi connectivity index (χ1v) is 9.40. The van der Waals surface area contributed by atoms with Crippen molar-refractivity contribution in [3.8, 4) is 11.5 Å². The molecule has 1 aliphatic heterocycles. The van der Waals surface area contributed by atoms with E-state index in [0.29, 0.717) is 25.4 Å². The Kier molecular flexibility index (Phi) is 6.34. The van der Waals surface area contributed by atoms with E-state index in [2.05, 4.69) is 10.00 Å². The van der Waals surface area contributed by atoms with Crippen LogP contribution in [0.3, 0.4) is 0 Å². The van der Waals surface area contributed by atoms with Crippen molar-refractivity contribution >= 4 is 5.91 Å². The lowest BCUT2D eigenvalue weighted by atomic mass is 10.3. The second-order valence-electron chi connectivity index (χ2n) is 6.94. The van der Waals surface area contributed by atoms with Gasteiger partial charge in [-0.3, -0.25) is 14.4 Å². The SMILES string of the molecule is COc1cccc(OCCN2CCN(C(=O)c3ccn(C(C)C)n3)CC2)c1. The van der Waals surface area contributed by atoms with E-state index < -0.39 is 0 Å². The molecule has 0 saturated carbocycles. The van der Waals surface area contributed by atoms with Crippen LogP contribution in [-0.4, -0.2) is 71.9 Å². The van der Waals surface area contributed by atoms with E-state index >= 15 is 0 Å². The fourth-order valence-corrected chi connectivity index (χ4v) is 3.06. The van der Waals surface area contributed by atoms with Crippen molar-refractivity contribution in [1.29, 1.82) is 0 Å². The number of rotatable bonds is 7. The zero-order valence-corrected chi connectivity index (χ0v) is 16.3. The number of nitrogens with zero attached hydrogens (tertiary/aromatic N) is 4. The summed E-state index contributed by atoms with van der Waals surface area (Å²) in [5.41, 5.74) is 0.526. The quantitative estimate of drug-likeness (QED) is 0.746. The van der Waals surface area contributed by atoms with Crippen LogP contribution < -0.4 is 9.47 Å². The number of aromatic nitrogens is 2. The van der Waals surface area contributed by atoms with Crippen molar-refractivity contribution in [1.82, 2.24) is 19.6 Å². The fourth-order valence-electron chi connectivity index (χ4n) is 3.06. The highest BCUT2D eigenvalue weighted by Crippen LogP contribution is 2.18. The van der Waals surface area contributed by atoms with Gasteiger partial charge in [-0.05, 0) is 32.0 Å². The van der Waals surface area contributed by atoms with E-state index in [-0.39, 0.29) is 11.9 Å². The standard InChI is InChI=1S/C20H28N4O3/c1-16(2)24-8-7-19(21-24)20(25)23-11-9-22(10-12-23)13-14-27-18-6-4-5-17(15-18)26-3/h4-8,15-16H,9-14H2,1-3H3. The molecule has 0 radical (unpaired) electrons. The monoisotopic (exact) mass is 372 g/mol. The zero-order chi connectivity index (χ0) is 19.2. The van der Waals surface area contributed by atoms with Crippen LogP contribution in [-0.2, 0) is 0 Å². The third-order valence-electron chi connectivity index (χ3n) is 4.73. The Balaban J connectivity index is 1.42. The molecule has 146 valence electrons. The first kappa shape index (κ1) is 19.2. The first-order chi connectivity index (χ1) is 13.1. The van der Waals surface area contributed by atoms with Crippen LogP contribution in [0.15, 0.2) is 36.5 Å². The number of piperazine rings is 1. The molecular weight excluding hydrogens is 344 g/mol. The van der Waals surface area contributed by atoms with Crippen LogP contribution >= 0.6 is 0 Å². The number of carbonyl (C=O) groups excluding carboxylic acids is 1. The van der Waals surface area contributed by atoms with E-state index in [0.717, 1.165) is 31.1 Å². The van der Waals surface area contributed by atoms with Crippen molar-refractivity contribution < 1.29 is 14.3 Å². The number of methoxy groups -OCH3 is 1. The molecule has 7 heteroatoms. The molecular formula is C20H28N4O3. The molecule has 0 N–H and O–H groups in total. The van der Waals surface area contributed by atoms with Crippen molar-refractivity contribution in [3.63, 3.8) is 0 Å². The van der Waals surface area contributed by atoms with Crippen LogP contribution in [0, 0.1) is 0 Å². The summed E-state index contributed by atoms with van der Waals surface area (Å²) in [6.45, 7) is 8.66. The lowest BCUT2D eigenvalue weighted by molar-refractivity contribution is 0.0613. The fraction of sp³-hybridized carbons (Fsp3) is 0.500. The maximum absolute atomic E-state index is 12.6. The minimum absolute atomic E-state index is 0.0154. The smallest absolute Gasteiger partial charge is 0.274 e. The molecule has 0 atom stereocenters. The molecule has 1 aliphatic rings. The van der Waals surface area contributed by atoms with Crippen LogP contribution in [0.5, 0.6) is 11.5 Å². The Labute approximate surface area is 160 Å². The van der Waals surface area contributed by atoms with Gasteiger partial charge < -0.3 is 14.4 Å². The molecule has 2 heterocycles. The molecule has 2 aromatic rings. The molecule has 1 aromatic carbocycles. The van der Waals surface area contributed by atoms with Crippen molar-refractivity contribution in [3.05, 3.63) is 42.2 Å². The first-order valence-electron chi connectivity index (χ1n) is 9.40. The molecule has 3 rings (SSSR count). The molecule has 1 aromatic heterocycles. The Morgan fingerprint density at radius 2 is 1.89 bits per heavy atom. The Hall–Kier alpha value is -2.54. The van der Waals surface area contributed by atoms with Crippen molar-refractivity contribution in [2.75, 3.05) is 46.4 Å². The number of carbonyl (C=O) groups is 1. The summed E-state index contributed by atoms with van der Waals surface area (Å²) >= 11 is 0. The number of hydrogen-bond acceptors (Lipinski definition) is 5. The molecule has 27 heavy (non-hydrogen) atoms. The van der Waals surface area contributed by atoms with Gasteiger partial charge in [-0.1, -0.05) is 6.07 Å². The molecule has 1 fully saturated rings. The molecule has 1 amide bonds. The van der Waals surface area contributed by atoms with Gasteiger partial charge in [0.1, 0.15) is 23.8 Å². The zero-order valence-electron chi connectivity index (χ0n) is 16.3. The van der Waals surface area contributed by atoms with Crippen LogP contribution in [0.1, 0.15) is 30.4 Å².